The summed E-state index contributed by atoms with van der Waals surface area (Å²) in [6.07, 6.45) is 0. The number of hydrogen-bond acceptors (Lipinski definition) is 3. The minimum absolute atomic E-state index is 0. The van der Waals surface area contributed by atoms with E-state index in [1.54, 1.807) is 0 Å². The van der Waals surface area contributed by atoms with Crippen LogP contribution < -0.4 is 37.2 Å². The molecule has 0 amide bonds. The maximum atomic E-state index is 6.46. The van der Waals surface area contributed by atoms with Gasteiger partial charge in [0, 0.05) is 23.6 Å². The number of aryl methyl sites for hydroxylation is 6. The summed E-state index contributed by atoms with van der Waals surface area (Å²) in [5, 5.41) is 0.624. The molecule has 0 bridgehead atoms. The molecule has 0 aliphatic carbocycles. The average molecular weight is 589 g/mol. The molecule has 0 saturated carbocycles. The smallest absolute Gasteiger partial charge is 0.0864 e. The maximum Gasteiger partial charge on any atom is 0.0864 e. The van der Waals surface area contributed by atoms with Crippen molar-refractivity contribution in [2.45, 2.75) is 55.4 Å². The van der Waals surface area contributed by atoms with E-state index in [0.29, 0.717) is 5.02 Å². The van der Waals surface area contributed by atoms with Crippen LogP contribution in [0.25, 0.3) is 0 Å². The van der Waals surface area contributed by atoms with Crippen LogP contribution in [0.15, 0.2) is 46.4 Å². The van der Waals surface area contributed by atoms with Crippen LogP contribution in [-0.4, -0.2) is 16.4 Å². The van der Waals surface area contributed by atoms with Gasteiger partial charge in [0.1, 0.15) is 0 Å². The number of aliphatic imine (C=N–C) groups is 2. The molecule has 0 N–H and O–H groups in total. The van der Waals surface area contributed by atoms with Crippen molar-refractivity contribution in [2.75, 3.05) is 0 Å². The molecule has 0 spiro atoms. The fourth-order valence-corrected chi connectivity index (χ4v) is 4.22. The molecule has 1 aromatic heterocycles. The second-order valence-corrected chi connectivity index (χ2v) is 8.88. The van der Waals surface area contributed by atoms with Gasteiger partial charge < -0.3 is 37.2 Å². The molecule has 3 aromatic rings. The molecule has 0 unspecified atom stereocenters. The third-order valence-electron chi connectivity index (χ3n) is 5.36. The van der Waals surface area contributed by atoms with E-state index in [-0.39, 0.29) is 55.8 Å². The Kier molecular flexibility index (Phi) is 15.4. The first-order chi connectivity index (χ1) is 14.5. The topological polar surface area (TPSA) is 37.6 Å². The minimum atomic E-state index is 0. The van der Waals surface area contributed by atoms with Crippen LogP contribution in [-0.2, 0) is 18.6 Å². The van der Waals surface area contributed by atoms with E-state index in [9.17, 15) is 0 Å². The first kappa shape index (κ1) is 35.8. The number of pyridine rings is 1. The van der Waals surface area contributed by atoms with Crippen LogP contribution in [0.3, 0.4) is 0 Å². The predicted octanol–water partition coefficient (Wildman–Crippen LogP) is -1.12. The van der Waals surface area contributed by atoms with Gasteiger partial charge in [-0.25, -0.2) is 4.98 Å². The standard InChI is InChI=1S/C27H30ClN3.3ClH.V/c1-15-9-17(3)26(18(4)10-15)29-21(7)24-13-23(28)14-25(31-24)22(8)30-27-19(5)11-16(2)12-20(27)6;;;;/h9-14H,1-8H3;3*1H;/p-3. The largest absolute Gasteiger partial charge is 1.00 e. The molecule has 2 aromatic carbocycles. The Labute approximate surface area is 245 Å². The number of rotatable bonds is 4. The number of nitrogens with zero attached hydrogens (tertiary/aromatic N) is 3. The molecule has 0 aliphatic heterocycles. The summed E-state index contributed by atoms with van der Waals surface area (Å²) in [6, 6.07) is 12.3. The second-order valence-electron chi connectivity index (χ2n) is 8.44. The van der Waals surface area contributed by atoms with Gasteiger partial charge >= 0.3 is 0 Å². The van der Waals surface area contributed by atoms with Gasteiger partial charge in [-0.05, 0) is 89.8 Å². The van der Waals surface area contributed by atoms with Crippen LogP contribution in [0.4, 0.5) is 11.4 Å². The van der Waals surface area contributed by atoms with Crippen molar-refractivity contribution in [3.05, 3.63) is 86.2 Å². The molecule has 0 fully saturated rings. The second kappa shape index (κ2) is 15.0. The van der Waals surface area contributed by atoms with Gasteiger partial charge in [-0.2, -0.15) is 0 Å². The third kappa shape index (κ3) is 8.93. The molecular weight excluding hydrogens is 559 g/mol. The van der Waals surface area contributed by atoms with Gasteiger partial charge in [0.05, 0.1) is 34.2 Å². The Morgan fingerprint density at radius 2 is 0.886 bits per heavy atom. The van der Waals surface area contributed by atoms with Crippen LogP contribution in [0, 0.1) is 41.5 Å². The van der Waals surface area contributed by atoms with Crippen molar-refractivity contribution in [3.63, 3.8) is 0 Å². The van der Waals surface area contributed by atoms with E-state index >= 15 is 0 Å². The van der Waals surface area contributed by atoms with Crippen LogP contribution >= 0.6 is 11.6 Å². The summed E-state index contributed by atoms with van der Waals surface area (Å²) < 4.78 is 0. The average Bonchev–Trinajstić information content (AvgIpc) is 2.66. The molecule has 0 aliphatic rings. The van der Waals surface area contributed by atoms with Crippen molar-refractivity contribution in [3.8, 4) is 0 Å². The quantitative estimate of drug-likeness (QED) is 0.356. The molecule has 189 valence electrons. The van der Waals surface area contributed by atoms with Crippen molar-refractivity contribution < 1.29 is 55.8 Å². The fraction of sp³-hybridized carbons (Fsp3) is 0.296. The number of halogens is 4. The normalized spacial score (nSPS) is 11.0. The van der Waals surface area contributed by atoms with Gasteiger partial charge in [-0.15, -0.1) is 0 Å². The number of hydrogen-bond donors (Lipinski definition) is 0. The zero-order chi connectivity index (χ0) is 22.9. The van der Waals surface area contributed by atoms with Gasteiger partial charge in [-0.1, -0.05) is 47.0 Å². The summed E-state index contributed by atoms with van der Waals surface area (Å²) in [7, 11) is 0. The Morgan fingerprint density at radius 3 is 1.17 bits per heavy atom. The van der Waals surface area contributed by atoms with E-state index in [1.807, 2.05) is 26.0 Å². The van der Waals surface area contributed by atoms with Crippen LogP contribution in [0.1, 0.15) is 58.6 Å². The van der Waals surface area contributed by atoms with Crippen LogP contribution in [0.5, 0.6) is 0 Å². The SMILES string of the molecule is CC(=Nc1c(C)cc(C)cc1C)c1cc(Cl)cc(C(C)=Nc2c(C)cc(C)cc2C)n1.[Cl-].[Cl-].[Cl-].[V]. The van der Waals surface area contributed by atoms with Gasteiger partial charge in [-0.3, -0.25) is 9.98 Å². The van der Waals surface area contributed by atoms with E-state index < -0.39 is 0 Å². The maximum absolute atomic E-state index is 6.46. The van der Waals surface area contributed by atoms with Crippen LogP contribution in [0.2, 0.25) is 5.02 Å². The summed E-state index contributed by atoms with van der Waals surface area (Å²) in [6.45, 7) is 16.5. The van der Waals surface area contributed by atoms with Crippen molar-refractivity contribution in [1.82, 2.24) is 4.98 Å². The molecule has 0 atom stereocenters. The summed E-state index contributed by atoms with van der Waals surface area (Å²) in [5.74, 6) is 0. The number of benzene rings is 2. The fourth-order valence-electron chi connectivity index (χ4n) is 4.02. The van der Waals surface area contributed by atoms with E-state index in [2.05, 4.69) is 65.8 Å². The zero-order valence-electron chi connectivity index (χ0n) is 21.3. The minimum Gasteiger partial charge on any atom is -1.00 e. The Morgan fingerprint density at radius 1 is 0.600 bits per heavy atom. The molecule has 35 heavy (non-hydrogen) atoms. The summed E-state index contributed by atoms with van der Waals surface area (Å²) >= 11 is 6.46. The molecule has 1 radical (unpaired) electrons. The van der Waals surface area contributed by atoms with E-state index in [0.717, 1.165) is 56.4 Å². The first-order valence-electron chi connectivity index (χ1n) is 10.5. The molecule has 3 nitrogen and oxygen atoms in total. The summed E-state index contributed by atoms with van der Waals surface area (Å²) in [4.78, 5) is 14.6. The van der Waals surface area contributed by atoms with Gasteiger partial charge in [0.15, 0.2) is 0 Å². The van der Waals surface area contributed by atoms with Crippen molar-refractivity contribution >= 4 is 34.4 Å². The number of aromatic nitrogens is 1. The zero-order valence-corrected chi connectivity index (χ0v) is 25.7. The molecule has 3 rings (SSSR count). The van der Waals surface area contributed by atoms with Crippen molar-refractivity contribution in [2.24, 2.45) is 9.98 Å². The predicted molar refractivity (Wildman–Crippen MR) is 134 cm³/mol. The molecular formula is C27H30Cl4N3V-3. The first-order valence-corrected chi connectivity index (χ1v) is 10.9. The van der Waals surface area contributed by atoms with Gasteiger partial charge in [0.25, 0.3) is 0 Å². The third-order valence-corrected chi connectivity index (χ3v) is 5.58. The Bertz CT molecular complexity index is 1100. The monoisotopic (exact) mass is 587 g/mol. The van der Waals surface area contributed by atoms with E-state index in [1.165, 1.54) is 11.1 Å². The Balaban J connectivity index is 0. The summed E-state index contributed by atoms with van der Waals surface area (Å²) in [5.41, 5.74) is 12.2. The van der Waals surface area contributed by atoms with E-state index in [4.69, 9.17) is 26.6 Å². The van der Waals surface area contributed by atoms with Crippen molar-refractivity contribution in [1.29, 1.82) is 0 Å². The van der Waals surface area contributed by atoms with Gasteiger partial charge in [0.2, 0.25) is 0 Å². The Hall–Kier alpha value is -1.33. The molecule has 8 heteroatoms. The molecule has 1 heterocycles. The molecule has 0 saturated heterocycles.